The fourth-order valence-corrected chi connectivity index (χ4v) is 5.28. The third-order valence-electron chi connectivity index (χ3n) is 7.09. The zero-order valence-electron chi connectivity index (χ0n) is 19.7. The van der Waals surface area contributed by atoms with Crippen LogP contribution in [-0.2, 0) is 0 Å². The van der Waals surface area contributed by atoms with Crippen LogP contribution in [-0.4, -0.2) is 11.0 Å². The molecule has 0 bridgehead atoms. The van der Waals surface area contributed by atoms with E-state index in [2.05, 4.69) is 108 Å². The molecule has 0 atom stereocenters. The predicted octanol–water partition coefficient (Wildman–Crippen LogP) is 7.36. The fourth-order valence-electron chi connectivity index (χ4n) is 5.28. The van der Waals surface area contributed by atoms with Gasteiger partial charge in [0.05, 0.1) is 11.8 Å². The van der Waals surface area contributed by atoms with Crippen molar-refractivity contribution in [3.05, 3.63) is 96.7 Å². The predicted molar refractivity (Wildman–Crippen MR) is 141 cm³/mol. The highest BCUT2D eigenvalue weighted by Crippen LogP contribution is 2.36. The van der Waals surface area contributed by atoms with Crippen LogP contribution in [0.25, 0.3) is 38.9 Å². The molecule has 1 aliphatic carbocycles. The second-order valence-electron chi connectivity index (χ2n) is 9.49. The Morgan fingerprint density at radius 2 is 1.50 bits per heavy atom. The topological polar surface area (TPSA) is 29.0 Å². The number of hydrogen-bond donors (Lipinski definition) is 1. The van der Waals surface area contributed by atoms with Crippen molar-refractivity contribution in [1.82, 2.24) is 4.98 Å². The fraction of sp³-hybridized carbons (Fsp3) is 0.226. The van der Waals surface area contributed by atoms with Gasteiger partial charge in [0.15, 0.2) is 5.52 Å². The van der Waals surface area contributed by atoms with Crippen LogP contribution in [0, 0.1) is 6.92 Å². The quantitative estimate of drug-likeness (QED) is 0.232. The van der Waals surface area contributed by atoms with Gasteiger partial charge in [-0.1, -0.05) is 91.6 Å². The number of aryl methyl sites for hydroxylation is 1. The van der Waals surface area contributed by atoms with Crippen LogP contribution in [0.5, 0.6) is 0 Å². The molecule has 3 nitrogen and oxygen atoms in total. The number of nitrogens with one attached hydrogen (secondary N) is 1. The Hall–Kier alpha value is -3.72. The highest BCUT2D eigenvalue weighted by Gasteiger charge is 2.28. The molecule has 3 heteroatoms. The summed E-state index contributed by atoms with van der Waals surface area (Å²) in [5.74, 6) is 0.966. The maximum absolute atomic E-state index is 5.34. The van der Waals surface area contributed by atoms with Gasteiger partial charge in [0.25, 0.3) is 0 Å². The average molecular weight is 445 g/mol. The second kappa shape index (κ2) is 8.90. The molecule has 2 aromatic heterocycles. The summed E-state index contributed by atoms with van der Waals surface area (Å²) in [5.41, 5.74) is 6.89. The van der Waals surface area contributed by atoms with E-state index in [-0.39, 0.29) is 0 Å². The van der Waals surface area contributed by atoms with Crippen molar-refractivity contribution in [2.24, 2.45) is 0 Å². The van der Waals surface area contributed by atoms with Crippen LogP contribution in [0.1, 0.15) is 37.7 Å². The maximum Gasteiger partial charge on any atom is 0.336 e. The number of fused-ring (bicyclic) bond motifs is 3. The number of anilines is 1. The normalized spacial score (nSPS) is 14.5. The summed E-state index contributed by atoms with van der Waals surface area (Å²) >= 11 is 0. The number of hydrogen-bond acceptors (Lipinski definition) is 2. The maximum atomic E-state index is 5.34. The lowest BCUT2D eigenvalue weighted by molar-refractivity contribution is -0.501. The van der Waals surface area contributed by atoms with E-state index in [1.807, 2.05) is 0 Å². The van der Waals surface area contributed by atoms with E-state index < -0.39 is 0 Å². The molecular formula is C31H30N3+. The van der Waals surface area contributed by atoms with Crippen molar-refractivity contribution in [3.63, 3.8) is 0 Å². The first-order valence-corrected chi connectivity index (χ1v) is 12.4. The Morgan fingerprint density at radius 1 is 0.765 bits per heavy atom. The van der Waals surface area contributed by atoms with Gasteiger partial charge in [-0.15, -0.1) is 0 Å². The highest BCUT2D eigenvalue weighted by atomic mass is 15.1. The molecule has 0 amide bonds. The van der Waals surface area contributed by atoms with Crippen molar-refractivity contribution in [2.75, 3.05) is 5.32 Å². The highest BCUT2D eigenvalue weighted by molar-refractivity contribution is 6.02. The van der Waals surface area contributed by atoms with E-state index in [1.54, 1.807) is 0 Å². The molecule has 1 fully saturated rings. The number of aromatic nitrogens is 2. The van der Waals surface area contributed by atoms with Gasteiger partial charge in [-0.25, -0.2) is 0 Å². The van der Waals surface area contributed by atoms with E-state index >= 15 is 0 Å². The van der Waals surface area contributed by atoms with E-state index in [0.717, 1.165) is 28.3 Å². The molecule has 2 heterocycles. The van der Waals surface area contributed by atoms with Gasteiger partial charge >= 0.3 is 5.82 Å². The standard InChI is InChI=1S/C31H30N3/c1-22-16-18-25(19-17-22)31-33-28(24-11-4-2-5-12-24)29(32-26-13-6-3-7-14-26)30-27-15-9-8-10-23(27)20-21-34(30)31/h2,4-5,8-12,15-21,26,32H,3,6-7,13-14H2,1H3/q+1. The minimum Gasteiger partial charge on any atom is -0.375 e. The second-order valence-corrected chi connectivity index (χ2v) is 9.49. The number of benzene rings is 3. The third-order valence-corrected chi connectivity index (χ3v) is 7.09. The first kappa shape index (κ1) is 20.9. The molecule has 0 radical (unpaired) electrons. The van der Waals surface area contributed by atoms with Gasteiger partial charge in [0, 0.05) is 17.0 Å². The van der Waals surface area contributed by atoms with Gasteiger partial charge in [-0.2, -0.15) is 4.40 Å². The first-order valence-electron chi connectivity index (χ1n) is 12.4. The molecular weight excluding hydrogens is 414 g/mol. The summed E-state index contributed by atoms with van der Waals surface area (Å²) in [6.07, 6.45) is 8.53. The Balaban J connectivity index is 1.70. The lowest BCUT2D eigenvalue weighted by Crippen LogP contribution is -2.31. The Kier molecular flexibility index (Phi) is 5.46. The molecule has 3 aromatic carbocycles. The van der Waals surface area contributed by atoms with Crippen LogP contribution in [0.4, 0.5) is 5.69 Å². The zero-order valence-corrected chi connectivity index (χ0v) is 19.7. The van der Waals surface area contributed by atoms with Crippen molar-refractivity contribution in [1.29, 1.82) is 0 Å². The van der Waals surface area contributed by atoms with Gasteiger partial charge in [0.1, 0.15) is 5.69 Å². The summed E-state index contributed by atoms with van der Waals surface area (Å²) in [4.78, 5) is 5.34. The minimum absolute atomic E-state index is 0.478. The van der Waals surface area contributed by atoms with Crippen molar-refractivity contribution < 1.29 is 4.40 Å². The smallest absolute Gasteiger partial charge is 0.336 e. The summed E-state index contributed by atoms with van der Waals surface area (Å²) in [7, 11) is 0. The van der Waals surface area contributed by atoms with Gasteiger partial charge < -0.3 is 5.32 Å². The molecule has 5 aromatic rings. The van der Waals surface area contributed by atoms with Crippen LogP contribution < -0.4 is 9.72 Å². The molecule has 34 heavy (non-hydrogen) atoms. The van der Waals surface area contributed by atoms with E-state index in [0.29, 0.717) is 6.04 Å². The van der Waals surface area contributed by atoms with Crippen molar-refractivity contribution in [3.8, 4) is 22.6 Å². The van der Waals surface area contributed by atoms with Crippen LogP contribution in [0.15, 0.2) is 91.1 Å². The molecule has 168 valence electrons. The monoisotopic (exact) mass is 444 g/mol. The summed E-state index contributed by atoms with van der Waals surface area (Å²) in [6.45, 7) is 2.13. The van der Waals surface area contributed by atoms with E-state index in [4.69, 9.17) is 4.98 Å². The van der Waals surface area contributed by atoms with Crippen molar-refractivity contribution >= 4 is 22.0 Å². The first-order chi connectivity index (χ1) is 16.8. The Morgan fingerprint density at radius 3 is 2.29 bits per heavy atom. The molecule has 0 saturated heterocycles. The number of nitrogens with zero attached hydrogens (tertiary/aromatic N) is 2. The number of rotatable bonds is 4. The molecule has 0 aliphatic heterocycles. The summed E-state index contributed by atoms with van der Waals surface area (Å²) in [6, 6.07) is 30.7. The van der Waals surface area contributed by atoms with Gasteiger partial charge in [0.2, 0.25) is 5.69 Å². The third kappa shape index (κ3) is 3.81. The Bertz CT molecular complexity index is 1450. The molecule has 1 N–H and O–H groups in total. The number of pyridine rings is 1. The van der Waals surface area contributed by atoms with E-state index in [9.17, 15) is 0 Å². The summed E-state index contributed by atoms with van der Waals surface area (Å²) in [5, 5.41) is 6.48. The lowest BCUT2D eigenvalue weighted by Gasteiger charge is -2.25. The average Bonchev–Trinajstić information content (AvgIpc) is 2.90. The van der Waals surface area contributed by atoms with Crippen LogP contribution >= 0.6 is 0 Å². The van der Waals surface area contributed by atoms with Crippen LogP contribution in [0.2, 0.25) is 0 Å². The van der Waals surface area contributed by atoms with Gasteiger partial charge in [-0.3, -0.25) is 0 Å². The van der Waals surface area contributed by atoms with Gasteiger partial charge in [-0.05, 0) is 48.3 Å². The molecule has 0 unspecified atom stereocenters. The minimum atomic E-state index is 0.478. The zero-order chi connectivity index (χ0) is 22.9. The lowest BCUT2D eigenvalue weighted by atomic mass is 9.94. The molecule has 1 saturated carbocycles. The van der Waals surface area contributed by atoms with E-state index in [1.165, 1.54) is 54.0 Å². The molecule has 1 aliphatic rings. The molecule has 6 rings (SSSR count). The Labute approximate surface area is 201 Å². The SMILES string of the molecule is Cc1ccc(-c2nc(-c3ccccc3)c(NC3CCCCC3)c3c4ccccc4cc[n+]23)cc1. The van der Waals surface area contributed by atoms with Crippen LogP contribution in [0.3, 0.4) is 0 Å². The molecule has 0 spiro atoms. The summed E-state index contributed by atoms with van der Waals surface area (Å²) < 4.78 is 2.28. The van der Waals surface area contributed by atoms with Crippen molar-refractivity contribution in [2.45, 2.75) is 45.1 Å². The largest absolute Gasteiger partial charge is 0.375 e.